The Morgan fingerprint density at radius 1 is 0.957 bits per heavy atom. The normalized spacial score (nSPS) is 10.2. The number of carbonyl (C=O) groups excluding carboxylic acids is 2. The molecule has 4 nitrogen and oxygen atoms in total. The Balaban J connectivity index is 1.84. The van der Waals surface area contributed by atoms with Crippen molar-refractivity contribution in [3.63, 3.8) is 0 Å². The third-order valence-electron chi connectivity index (χ3n) is 2.90. The van der Waals surface area contributed by atoms with Gasteiger partial charge in [0.1, 0.15) is 23.0 Å². The Labute approximate surface area is 129 Å². The van der Waals surface area contributed by atoms with Gasteiger partial charge in [0.15, 0.2) is 6.61 Å². The van der Waals surface area contributed by atoms with E-state index in [4.69, 9.17) is 0 Å². The van der Waals surface area contributed by atoms with Crippen molar-refractivity contribution in [1.29, 1.82) is 0 Å². The maximum atomic E-state index is 13.4. The molecule has 1 N–H and O–H groups in total. The van der Waals surface area contributed by atoms with Gasteiger partial charge in [0.2, 0.25) is 0 Å². The van der Waals surface area contributed by atoms with E-state index in [0.29, 0.717) is 5.56 Å². The molecular weight excluding hydrogens is 311 g/mol. The van der Waals surface area contributed by atoms with E-state index in [1.54, 1.807) is 0 Å². The Bertz CT molecular complexity index is 697. The van der Waals surface area contributed by atoms with Crippen LogP contribution in [0.15, 0.2) is 42.5 Å². The highest BCUT2D eigenvalue weighted by molar-refractivity contribution is 5.91. The predicted molar refractivity (Wildman–Crippen MR) is 74.9 cm³/mol. The first-order valence-electron chi connectivity index (χ1n) is 6.59. The summed E-state index contributed by atoms with van der Waals surface area (Å²) in [7, 11) is 0. The van der Waals surface area contributed by atoms with Crippen molar-refractivity contribution in [2.75, 3.05) is 6.61 Å². The number of benzene rings is 2. The molecule has 0 saturated heterocycles. The number of carbonyl (C=O) groups is 2. The van der Waals surface area contributed by atoms with Crippen LogP contribution in [0.5, 0.6) is 0 Å². The van der Waals surface area contributed by atoms with Gasteiger partial charge in [0.05, 0.1) is 0 Å². The van der Waals surface area contributed by atoms with Crippen molar-refractivity contribution < 1.29 is 27.5 Å². The van der Waals surface area contributed by atoms with Crippen molar-refractivity contribution in [3.05, 3.63) is 71.0 Å². The molecule has 0 aromatic heterocycles. The monoisotopic (exact) mass is 323 g/mol. The Kier molecular flexibility index (Phi) is 5.35. The van der Waals surface area contributed by atoms with Crippen molar-refractivity contribution in [2.24, 2.45) is 0 Å². The molecule has 0 saturated carbocycles. The molecule has 1 amide bonds. The zero-order chi connectivity index (χ0) is 16.8. The molecule has 0 unspecified atom stereocenters. The van der Waals surface area contributed by atoms with Crippen LogP contribution in [-0.4, -0.2) is 18.5 Å². The molecule has 0 aliphatic heterocycles. The maximum absolute atomic E-state index is 13.4. The minimum absolute atomic E-state index is 0.102. The van der Waals surface area contributed by atoms with Gasteiger partial charge in [-0.1, -0.05) is 18.2 Å². The average molecular weight is 323 g/mol. The van der Waals surface area contributed by atoms with Crippen LogP contribution in [0.3, 0.4) is 0 Å². The van der Waals surface area contributed by atoms with Gasteiger partial charge in [-0.2, -0.15) is 0 Å². The quantitative estimate of drug-likeness (QED) is 0.861. The molecule has 0 fully saturated rings. The molecule has 7 heteroatoms. The van der Waals surface area contributed by atoms with E-state index in [0.717, 1.165) is 18.2 Å². The third-order valence-corrected chi connectivity index (χ3v) is 2.90. The molecule has 0 atom stereocenters. The SMILES string of the molecule is O=C(COC(=O)c1c(F)cccc1F)NCc1ccc(F)cc1. The molecule has 2 aromatic rings. The second-order valence-electron chi connectivity index (χ2n) is 4.58. The number of nitrogens with one attached hydrogen (secondary N) is 1. The summed E-state index contributed by atoms with van der Waals surface area (Å²) in [5.41, 5.74) is -0.204. The van der Waals surface area contributed by atoms with E-state index < -0.39 is 41.5 Å². The molecule has 0 bridgehead atoms. The number of rotatable bonds is 5. The van der Waals surface area contributed by atoms with Gasteiger partial charge in [0, 0.05) is 6.54 Å². The summed E-state index contributed by atoms with van der Waals surface area (Å²) in [5.74, 6) is -4.46. The van der Waals surface area contributed by atoms with Crippen LogP contribution < -0.4 is 5.32 Å². The van der Waals surface area contributed by atoms with Crippen molar-refractivity contribution in [2.45, 2.75) is 6.54 Å². The number of amides is 1. The molecule has 0 spiro atoms. The molecule has 0 aliphatic rings. The summed E-state index contributed by atoms with van der Waals surface area (Å²) in [5, 5.41) is 2.43. The van der Waals surface area contributed by atoms with Gasteiger partial charge in [-0.3, -0.25) is 4.79 Å². The fourth-order valence-electron chi connectivity index (χ4n) is 1.75. The van der Waals surface area contributed by atoms with Crippen molar-refractivity contribution in [3.8, 4) is 0 Å². The lowest BCUT2D eigenvalue weighted by molar-refractivity contribution is -0.124. The fourth-order valence-corrected chi connectivity index (χ4v) is 1.75. The minimum Gasteiger partial charge on any atom is -0.452 e. The minimum atomic E-state index is -1.27. The zero-order valence-corrected chi connectivity index (χ0v) is 11.8. The van der Waals surface area contributed by atoms with Gasteiger partial charge >= 0.3 is 5.97 Å². The molecule has 120 valence electrons. The van der Waals surface area contributed by atoms with E-state index >= 15 is 0 Å². The van der Waals surface area contributed by atoms with E-state index in [-0.39, 0.29) is 6.54 Å². The van der Waals surface area contributed by atoms with Crippen LogP contribution in [0, 0.1) is 17.5 Å². The van der Waals surface area contributed by atoms with Crippen molar-refractivity contribution in [1.82, 2.24) is 5.32 Å². The lowest BCUT2D eigenvalue weighted by Crippen LogP contribution is -2.28. The highest BCUT2D eigenvalue weighted by Crippen LogP contribution is 2.13. The summed E-state index contributed by atoms with van der Waals surface area (Å²) in [6, 6.07) is 8.37. The summed E-state index contributed by atoms with van der Waals surface area (Å²) in [6.07, 6.45) is 0. The summed E-state index contributed by atoms with van der Waals surface area (Å²) in [6.45, 7) is -0.585. The Morgan fingerprint density at radius 3 is 2.17 bits per heavy atom. The smallest absolute Gasteiger partial charge is 0.344 e. The molecule has 0 heterocycles. The first kappa shape index (κ1) is 16.5. The molecule has 2 aromatic carbocycles. The zero-order valence-electron chi connectivity index (χ0n) is 11.8. The highest BCUT2D eigenvalue weighted by atomic mass is 19.1. The predicted octanol–water partition coefficient (Wildman–Crippen LogP) is 2.58. The van der Waals surface area contributed by atoms with Crippen LogP contribution in [0.25, 0.3) is 0 Å². The van der Waals surface area contributed by atoms with Crippen LogP contribution in [0.1, 0.15) is 15.9 Å². The van der Waals surface area contributed by atoms with Gasteiger partial charge < -0.3 is 10.1 Å². The number of esters is 1. The largest absolute Gasteiger partial charge is 0.452 e. The topological polar surface area (TPSA) is 55.4 Å². The highest BCUT2D eigenvalue weighted by Gasteiger charge is 2.19. The number of ether oxygens (including phenoxy) is 1. The fraction of sp³-hybridized carbons (Fsp3) is 0.125. The lowest BCUT2D eigenvalue weighted by atomic mass is 10.2. The van der Waals surface area contributed by atoms with Crippen LogP contribution in [0.4, 0.5) is 13.2 Å². The Hall–Kier alpha value is -2.83. The maximum Gasteiger partial charge on any atom is 0.344 e. The lowest BCUT2D eigenvalue weighted by Gasteiger charge is -2.08. The molecule has 23 heavy (non-hydrogen) atoms. The third kappa shape index (κ3) is 4.57. The molecule has 0 radical (unpaired) electrons. The average Bonchev–Trinajstić information content (AvgIpc) is 2.52. The van der Waals surface area contributed by atoms with Crippen LogP contribution in [-0.2, 0) is 16.1 Å². The molecule has 2 rings (SSSR count). The van der Waals surface area contributed by atoms with Gasteiger partial charge in [-0.25, -0.2) is 18.0 Å². The van der Waals surface area contributed by atoms with E-state index in [2.05, 4.69) is 10.1 Å². The van der Waals surface area contributed by atoms with Gasteiger partial charge in [-0.15, -0.1) is 0 Å². The van der Waals surface area contributed by atoms with E-state index in [1.807, 2.05) is 0 Å². The van der Waals surface area contributed by atoms with Crippen molar-refractivity contribution >= 4 is 11.9 Å². The number of halogens is 3. The Morgan fingerprint density at radius 2 is 1.57 bits per heavy atom. The van der Waals surface area contributed by atoms with Crippen LogP contribution in [0.2, 0.25) is 0 Å². The second kappa shape index (κ2) is 7.44. The van der Waals surface area contributed by atoms with Gasteiger partial charge in [0.25, 0.3) is 5.91 Å². The summed E-state index contributed by atoms with van der Waals surface area (Å²) in [4.78, 5) is 23.1. The standard InChI is InChI=1S/C16H12F3NO3/c17-11-6-4-10(5-7-11)8-20-14(21)9-23-16(22)15-12(18)2-1-3-13(15)19/h1-7H,8-9H2,(H,20,21). The number of hydrogen-bond donors (Lipinski definition) is 1. The van der Waals surface area contributed by atoms with E-state index in [1.165, 1.54) is 24.3 Å². The van der Waals surface area contributed by atoms with Gasteiger partial charge in [-0.05, 0) is 29.8 Å². The first-order chi connectivity index (χ1) is 11.0. The second-order valence-corrected chi connectivity index (χ2v) is 4.58. The first-order valence-corrected chi connectivity index (χ1v) is 6.59. The number of hydrogen-bond acceptors (Lipinski definition) is 3. The summed E-state index contributed by atoms with van der Waals surface area (Å²) >= 11 is 0. The summed E-state index contributed by atoms with van der Waals surface area (Å²) < 4.78 is 44.0. The molecular formula is C16H12F3NO3. The van der Waals surface area contributed by atoms with Crippen LogP contribution >= 0.6 is 0 Å². The van der Waals surface area contributed by atoms with E-state index in [9.17, 15) is 22.8 Å². The molecule has 0 aliphatic carbocycles.